The van der Waals surface area contributed by atoms with Crippen molar-refractivity contribution >= 4 is 25.0 Å². The van der Waals surface area contributed by atoms with Gasteiger partial charge in [0.25, 0.3) is 0 Å². The molecule has 14 heavy (non-hydrogen) atoms. The molecule has 0 heterocycles. The van der Waals surface area contributed by atoms with Gasteiger partial charge in [-0.2, -0.15) is 12.6 Å². The highest BCUT2D eigenvalue weighted by Crippen LogP contribution is 2.10. The average Bonchev–Trinajstić information content (AvgIpc) is 2.03. The summed E-state index contributed by atoms with van der Waals surface area (Å²) in [6, 6.07) is -0.534. The van der Waals surface area contributed by atoms with E-state index in [0.717, 1.165) is 0 Å². The van der Waals surface area contributed by atoms with E-state index in [1.165, 1.54) is 11.9 Å². The molecule has 0 unspecified atom stereocenters. The minimum absolute atomic E-state index is 0.291. The average molecular weight is 219 g/mol. The monoisotopic (exact) mass is 219 g/mol. The zero-order valence-electron chi connectivity index (χ0n) is 8.98. The molecule has 82 valence electrons. The lowest BCUT2D eigenvalue weighted by Crippen LogP contribution is -2.42. The largest absolute Gasteiger partial charge is 0.444 e. The number of carbonyl (C=O) groups is 2. The van der Waals surface area contributed by atoms with E-state index in [9.17, 15) is 9.59 Å². The van der Waals surface area contributed by atoms with E-state index in [4.69, 9.17) is 4.74 Å². The highest BCUT2D eigenvalue weighted by molar-refractivity contribution is 7.80. The van der Waals surface area contributed by atoms with Crippen LogP contribution in [0.3, 0.4) is 0 Å². The number of likely N-dealkylation sites (N-methyl/N-ethyl adjacent to an activating group) is 1. The van der Waals surface area contributed by atoms with E-state index < -0.39 is 17.7 Å². The second kappa shape index (κ2) is 5.24. The fourth-order valence-corrected chi connectivity index (χ4v) is 1.06. The second-order valence-corrected chi connectivity index (χ2v) is 4.34. The molecule has 0 aliphatic heterocycles. The Balaban J connectivity index is 4.31. The lowest BCUT2D eigenvalue weighted by molar-refractivity contribution is -0.111. The third-order valence-corrected chi connectivity index (χ3v) is 1.90. The summed E-state index contributed by atoms with van der Waals surface area (Å²) in [5.74, 6) is 0.291. The molecule has 0 rings (SSSR count). The van der Waals surface area contributed by atoms with Crippen molar-refractivity contribution in [2.45, 2.75) is 32.4 Å². The molecule has 1 atom stereocenters. The lowest BCUT2D eigenvalue weighted by Gasteiger charge is -2.27. The van der Waals surface area contributed by atoms with Crippen molar-refractivity contribution in [1.82, 2.24) is 4.90 Å². The van der Waals surface area contributed by atoms with Gasteiger partial charge < -0.3 is 14.4 Å². The van der Waals surface area contributed by atoms with Gasteiger partial charge in [0, 0.05) is 12.8 Å². The number of hydrogen-bond acceptors (Lipinski definition) is 4. The number of amides is 1. The second-order valence-electron chi connectivity index (χ2n) is 3.98. The van der Waals surface area contributed by atoms with Crippen LogP contribution in [-0.4, -0.2) is 41.7 Å². The minimum atomic E-state index is -0.546. The molecule has 0 aliphatic rings. The zero-order valence-corrected chi connectivity index (χ0v) is 9.88. The summed E-state index contributed by atoms with van der Waals surface area (Å²) in [4.78, 5) is 23.2. The highest BCUT2D eigenvalue weighted by atomic mass is 32.1. The summed E-state index contributed by atoms with van der Waals surface area (Å²) in [5.41, 5.74) is -0.546. The standard InChI is InChI=1S/C9H17NO3S/c1-9(2,3)13-8(12)10(4)7(5-11)6-14/h5,7,14H,6H2,1-4H3/t7-/m0/s1. The Kier molecular flexibility index (Phi) is 4.97. The van der Waals surface area contributed by atoms with Gasteiger partial charge in [-0.15, -0.1) is 0 Å². The Bertz CT molecular complexity index is 213. The number of ether oxygens (including phenoxy) is 1. The van der Waals surface area contributed by atoms with Crippen LogP contribution in [0.15, 0.2) is 0 Å². The summed E-state index contributed by atoms with van der Waals surface area (Å²) in [7, 11) is 1.52. The van der Waals surface area contributed by atoms with Gasteiger partial charge in [-0.3, -0.25) is 0 Å². The molecule has 0 saturated heterocycles. The Labute approximate surface area is 90.0 Å². The number of thiol groups is 1. The summed E-state index contributed by atoms with van der Waals surface area (Å²) in [5, 5.41) is 0. The van der Waals surface area contributed by atoms with Crippen molar-refractivity contribution in [3.05, 3.63) is 0 Å². The van der Waals surface area contributed by atoms with Gasteiger partial charge in [0.1, 0.15) is 11.9 Å². The van der Waals surface area contributed by atoms with Gasteiger partial charge in [-0.1, -0.05) is 0 Å². The van der Waals surface area contributed by atoms with Gasteiger partial charge >= 0.3 is 6.09 Å². The number of aldehydes is 1. The molecule has 0 radical (unpaired) electrons. The molecular formula is C9H17NO3S. The van der Waals surface area contributed by atoms with Crippen LogP contribution in [0.25, 0.3) is 0 Å². The van der Waals surface area contributed by atoms with Gasteiger partial charge in [-0.25, -0.2) is 4.79 Å². The van der Waals surface area contributed by atoms with Crippen LogP contribution in [-0.2, 0) is 9.53 Å². The molecule has 0 aromatic carbocycles. The van der Waals surface area contributed by atoms with Crippen LogP contribution in [0.4, 0.5) is 4.79 Å². The number of carbonyl (C=O) groups excluding carboxylic acids is 2. The van der Waals surface area contributed by atoms with Crippen molar-refractivity contribution in [2.24, 2.45) is 0 Å². The maximum absolute atomic E-state index is 11.4. The Hall–Kier alpha value is -0.710. The maximum Gasteiger partial charge on any atom is 0.410 e. The van der Waals surface area contributed by atoms with Crippen molar-refractivity contribution in [1.29, 1.82) is 0 Å². The van der Waals surface area contributed by atoms with E-state index in [2.05, 4.69) is 12.6 Å². The molecule has 4 nitrogen and oxygen atoms in total. The maximum atomic E-state index is 11.4. The summed E-state index contributed by atoms with van der Waals surface area (Å²) in [6.07, 6.45) is 0.167. The summed E-state index contributed by atoms with van der Waals surface area (Å²) < 4.78 is 5.08. The first-order valence-electron chi connectivity index (χ1n) is 4.33. The van der Waals surface area contributed by atoms with E-state index in [-0.39, 0.29) is 0 Å². The number of nitrogens with zero attached hydrogens (tertiary/aromatic N) is 1. The van der Waals surface area contributed by atoms with E-state index >= 15 is 0 Å². The Morgan fingerprint density at radius 3 is 2.36 bits per heavy atom. The van der Waals surface area contributed by atoms with E-state index in [0.29, 0.717) is 12.0 Å². The van der Waals surface area contributed by atoms with Crippen LogP contribution >= 0.6 is 12.6 Å². The molecule has 0 fully saturated rings. The van der Waals surface area contributed by atoms with Crippen LogP contribution < -0.4 is 0 Å². The Morgan fingerprint density at radius 2 is 2.07 bits per heavy atom. The SMILES string of the molecule is CN(C(=O)OC(C)(C)C)[C@@H](C=O)CS. The van der Waals surface area contributed by atoms with E-state index in [1.807, 2.05) is 0 Å². The highest BCUT2D eigenvalue weighted by Gasteiger charge is 2.23. The fourth-order valence-electron chi connectivity index (χ4n) is 0.726. The minimum Gasteiger partial charge on any atom is -0.444 e. The molecule has 0 spiro atoms. The molecule has 0 aromatic heterocycles. The van der Waals surface area contributed by atoms with Crippen LogP contribution in [0.2, 0.25) is 0 Å². The molecule has 0 N–H and O–H groups in total. The first-order valence-corrected chi connectivity index (χ1v) is 4.97. The lowest BCUT2D eigenvalue weighted by atomic mass is 10.2. The van der Waals surface area contributed by atoms with Crippen molar-refractivity contribution in [3.8, 4) is 0 Å². The normalized spacial score (nSPS) is 13.2. The van der Waals surface area contributed by atoms with Gasteiger partial charge in [0.2, 0.25) is 0 Å². The third-order valence-electron chi connectivity index (χ3n) is 1.52. The topological polar surface area (TPSA) is 46.6 Å². The Morgan fingerprint density at radius 1 is 1.57 bits per heavy atom. The quantitative estimate of drug-likeness (QED) is 0.575. The predicted octanol–water partition coefficient (Wildman–Crippen LogP) is 1.35. The third kappa shape index (κ3) is 4.50. The fraction of sp³-hybridized carbons (Fsp3) is 0.778. The van der Waals surface area contributed by atoms with Gasteiger partial charge in [0.15, 0.2) is 0 Å². The first-order chi connectivity index (χ1) is 6.31. The van der Waals surface area contributed by atoms with Crippen molar-refractivity contribution in [2.75, 3.05) is 12.8 Å². The molecule has 1 amide bonds. The van der Waals surface area contributed by atoms with Crippen molar-refractivity contribution in [3.63, 3.8) is 0 Å². The number of rotatable bonds is 3. The summed E-state index contributed by atoms with van der Waals surface area (Å²) in [6.45, 7) is 5.32. The van der Waals surface area contributed by atoms with Crippen LogP contribution in [0, 0.1) is 0 Å². The molecule has 5 heteroatoms. The molecular weight excluding hydrogens is 202 g/mol. The zero-order chi connectivity index (χ0) is 11.4. The smallest absolute Gasteiger partial charge is 0.410 e. The van der Waals surface area contributed by atoms with Crippen LogP contribution in [0.5, 0.6) is 0 Å². The van der Waals surface area contributed by atoms with Crippen molar-refractivity contribution < 1.29 is 14.3 Å². The van der Waals surface area contributed by atoms with E-state index in [1.54, 1.807) is 20.8 Å². The predicted molar refractivity (Wildman–Crippen MR) is 57.7 cm³/mol. The molecule has 0 saturated carbocycles. The summed E-state index contributed by atoms with van der Waals surface area (Å²) >= 11 is 3.96. The van der Waals surface area contributed by atoms with Gasteiger partial charge in [0.05, 0.1) is 6.04 Å². The molecule has 0 aliphatic carbocycles. The van der Waals surface area contributed by atoms with Gasteiger partial charge in [-0.05, 0) is 20.8 Å². The first kappa shape index (κ1) is 13.3. The van der Waals surface area contributed by atoms with Crippen LogP contribution in [0.1, 0.15) is 20.8 Å². The molecule has 0 aromatic rings. The number of hydrogen-bond donors (Lipinski definition) is 1. The molecule has 0 bridgehead atoms.